The average molecular weight is 513 g/mol. The Morgan fingerprint density at radius 3 is 2.39 bits per heavy atom. The molecule has 9 nitrogen and oxygen atoms in total. The molecule has 0 bridgehead atoms. The van der Waals surface area contributed by atoms with Gasteiger partial charge in [0.2, 0.25) is 5.91 Å². The molecule has 0 aliphatic heterocycles. The Hall–Kier alpha value is -4.44. The van der Waals surface area contributed by atoms with Gasteiger partial charge < -0.3 is 26.6 Å². The van der Waals surface area contributed by atoms with Gasteiger partial charge in [-0.3, -0.25) is 4.79 Å². The van der Waals surface area contributed by atoms with Crippen molar-refractivity contribution in [1.82, 2.24) is 5.32 Å². The van der Waals surface area contributed by atoms with Crippen LogP contribution in [0.15, 0.2) is 71.7 Å². The standard InChI is InChI=1S/C25H22ClFN4O5/c26-20-13-19(36-24(35)15-4-7-18(8-5-15)30-25(28)29)9-6-16(20)12-22(32)31-21(23(33)34)11-14-2-1-3-17(27)10-14/h1-10,13,21H,11-12H2,(H,31,32)(H,33,34)(H4,28,29,30). The second-order valence-corrected chi connectivity index (χ2v) is 8.10. The predicted molar refractivity (Wildman–Crippen MR) is 132 cm³/mol. The zero-order valence-corrected chi connectivity index (χ0v) is 19.5. The number of carboxylic acid groups (broad SMARTS) is 1. The fourth-order valence-electron chi connectivity index (χ4n) is 3.24. The van der Waals surface area contributed by atoms with Gasteiger partial charge in [-0.25, -0.2) is 19.0 Å². The Morgan fingerprint density at radius 2 is 1.78 bits per heavy atom. The molecule has 0 heterocycles. The number of amides is 1. The summed E-state index contributed by atoms with van der Waals surface area (Å²) in [7, 11) is 0. The molecular formula is C25H22ClFN4O5. The molecule has 0 radical (unpaired) electrons. The number of carboxylic acids is 1. The first-order valence-corrected chi connectivity index (χ1v) is 11.0. The molecule has 0 saturated carbocycles. The number of ether oxygens (including phenoxy) is 1. The van der Waals surface area contributed by atoms with E-state index >= 15 is 0 Å². The van der Waals surface area contributed by atoms with Crippen LogP contribution < -0.4 is 21.5 Å². The van der Waals surface area contributed by atoms with Gasteiger partial charge in [0.1, 0.15) is 17.6 Å². The van der Waals surface area contributed by atoms with Crippen molar-refractivity contribution >= 4 is 41.1 Å². The monoisotopic (exact) mass is 512 g/mol. The highest BCUT2D eigenvalue weighted by Gasteiger charge is 2.21. The van der Waals surface area contributed by atoms with E-state index < -0.39 is 29.7 Å². The Morgan fingerprint density at radius 1 is 1.06 bits per heavy atom. The van der Waals surface area contributed by atoms with Crippen molar-refractivity contribution in [1.29, 1.82) is 0 Å². The fourth-order valence-corrected chi connectivity index (χ4v) is 3.48. The molecule has 0 aliphatic carbocycles. The zero-order chi connectivity index (χ0) is 26.2. The third-order valence-electron chi connectivity index (χ3n) is 4.91. The molecule has 3 aromatic carbocycles. The van der Waals surface area contributed by atoms with Gasteiger partial charge in [-0.15, -0.1) is 0 Å². The minimum absolute atomic E-state index is 0.0889. The quantitative estimate of drug-likeness (QED) is 0.148. The SMILES string of the molecule is NC(N)=Nc1ccc(C(=O)Oc2ccc(CC(=O)NC(Cc3cccc(F)c3)C(=O)O)c(Cl)c2)cc1. The molecule has 11 heteroatoms. The molecule has 1 atom stereocenters. The number of aliphatic imine (C=N–C) groups is 1. The molecule has 0 fully saturated rings. The van der Waals surface area contributed by atoms with E-state index in [0.717, 1.165) is 0 Å². The van der Waals surface area contributed by atoms with E-state index in [1.807, 2.05) is 0 Å². The average Bonchev–Trinajstić information content (AvgIpc) is 2.80. The van der Waals surface area contributed by atoms with Gasteiger partial charge in [-0.05, 0) is 59.7 Å². The van der Waals surface area contributed by atoms with E-state index in [0.29, 0.717) is 16.8 Å². The Balaban J connectivity index is 1.61. The van der Waals surface area contributed by atoms with Gasteiger partial charge >= 0.3 is 11.9 Å². The summed E-state index contributed by atoms with van der Waals surface area (Å²) in [4.78, 5) is 40.3. The van der Waals surface area contributed by atoms with Gasteiger partial charge in [0.15, 0.2) is 5.96 Å². The number of halogens is 2. The van der Waals surface area contributed by atoms with Crippen LogP contribution in [0.3, 0.4) is 0 Å². The maximum atomic E-state index is 13.4. The van der Waals surface area contributed by atoms with Crippen molar-refractivity contribution in [2.24, 2.45) is 16.5 Å². The topological polar surface area (TPSA) is 157 Å². The van der Waals surface area contributed by atoms with E-state index in [1.54, 1.807) is 18.2 Å². The summed E-state index contributed by atoms with van der Waals surface area (Å²) in [6, 6.07) is 14.6. The highest BCUT2D eigenvalue weighted by atomic mass is 35.5. The number of hydrogen-bond donors (Lipinski definition) is 4. The van der Waals surface area contributed by atoms with Crippen molar-refractivity contribution in [2.45, 2.75) is 18.9 Å². The van der Waals surface area contributed by atoms with Gasteiger partial charge in [0.25, 0.3) is 0 Å². The van der Waals surface area contributed by atoms with Gasteiger partial charge in [0.05, 0.1) is 17.7 Å². The third kappa shape index (κ3) is 7.54. The van der Waals surface area contributed by atoms with Crippen LogP contribution in [0, 0.1) is 5.82 Å². The Labute approximate surface area is 210 Å². The summed E-state index contributed by atoms with van der Waals surface area (Å²) in [6.07, 6.45) is -0.305. The lowest BCUT2D eigenvalue weighted by Crippen LogP contribution is -2.43. The second kappa shape index (κ2) is 11.8. The van der Waals surface area contributed by atoms with Crippen LogP contribution in [0.4, 0.5) is 10.1 Å². The molecule has 0 aromatic heterocycles. The molecule has 6 N–H and O–H groups in total. The van der Waals surface area contributed by atoms with Crippen molar-refractivity contribution in [3.63, 3.8) is 0 Å². The molecular weight excluding hydrogens is 491 g/mol. The van der Waals surface area contributed by atoms with E-state index in [1.165, 1.54) is 48.5 Å². The number of rotatable bonds is 9. The zero-order valence-electron chi connectivity index (χ0n) is 18.8. The number of nitrogens with zero attached hydrogens (tertiary/aromatic N) is 1. The summed E-state index contributed by atoms with van der Waals surface area (Å²) in [6.45, 7) is 0. The van der Waals surface area contributed by atoms with Crippen molar-refractivity contribution in [3.8, 4) is 5.75 Å². The van der Waals surface area contributed by atoms with Crippen LogP contribution >= 0.6 is 11.6 Å². The van der Waals surface area contributed by atoms with Gasteiger partial charge in [-0.1, -0.05) is 29.8 Å². The maximum Gasteiger partial charge on any atom is 0.343 e. The number of nitrogens with two attached hydrogens (primary N) is 2. The minimum Gasteiger partial charge on any atom is -0.480 e. The number of esters is 1. The summed E-state index contributed by atoms with van der Waals surface area (Å²) in [5.41, 5.74) is 12.2. The highest BCUT2D eigenvalue weighted by molar-refractivity contribution is 6.31. The van der Waals surface area contributed by atoms with E-state index in [-0.39, 0.29) is 35.1 Å². The van der Waals surface area contributed by atoms with Crippen molar-refractivity contribution < 1.29 is 28.6 Å². The number of benzene rings is 3. The summed E-state index contributed by atoms with van der Waals surface area (Å²) >= 11 is 6.25. The molecule has 1 unspecified atom stereocenters. The summed E-state index contributed by atoms with van der Waals surface area (Å²) < 4.78 is 18.7. The predicted octanol–water partition coefficient (Wildman–Crippen LogP) is 2.96. The first-order chi connectivity index (χ1) is 17.1. The molecule has 0 spiro atoms. The largest absolute Gasteiger partial charge is 0.480 e. The van der Waals surface area contributed by atoms with Gasteiger partial charge in [0, 0.05) is 11.4 Å². The number of nitrogens with one attached hydrogen (secondary N) is 1. The van der Waals surface area contributed by atoms with Crippen LogP contribution in [-0.4, -0.2) is 35.0 Å². The van der Waals surface area contributed by atoms with Gasteiger partial charge in [-0.2, -0.15) is 0 Å². The summed E-state index contributed by atoms with van der Waals surface area (Å²) in [5, 5.41) is 12.0. The molecule has 3 rings (SSSR count). The smallest absolute Gasteiger partial charge is 0.343 e. The molecule has 186 valence electrons. The van der Waals surface area contributed by atoms with Crippen molar-refractivity contribution in [2.75, 3.05) is 0 Å². The number of guanidine groups is 1. The second-order valence-electron chi connectivity index (χ2n) is 7.70. The van der Waals surface area contributed by atoms with E-state index in [4.69, 9.17) is 27.8 Å². The van der Waals surface area contributed by atoms with Crippen LogP contribution in [0.5, 0.6) is 5.75 Å². The normalized spacial score (nSPS) is 11.3. The lowest BCUT2D eigenvalue weighted by Gasteiger charge is -2.15. The third-order valence-corrected chi connectivity index (χ3v) is 5.26. The van der Waals surface area contributed by atoms with Crippen LogP contribution in [0.1, 0.15) is 21.5 Å². The molecule has 1 amide bonds. The fraction of sp³-hybridized carbons (Fsp3) is 0.120. The van der Waals surface area contributed by atoms with Crippen LogP contribution in [0.2, 0.25) is 5.02 Å². The van der Waals surface area contributed by atoms with Crippen LogP contribution in [-0.2, 0) is 22.4 Å². The lowest BCUT2D eigenvalue weighted by atomic mass is 10.0. The first-order valence-electron chi connectivity index (χ1n) is 10.6. The number of carbonyl (C=O) groups is 3. The number of hydrogen-bond acceptors (Lipinski definition) is 5. The van der Waals surface area contributed by atoms with Crippen LogP contribution in [0.25, 0.3) is 0 Å². The number of carbonyl (C=O) groups excluding carboxylic acids is 2. The first kappa shape index (κ1) is 26.2. The van der Waals surface area contributed by atoms with E-state index in [2.05, 4.69) is 10.3 Å². The molecule has 3 aromatic rings. The molecule has 0 aliphatic rings. The lowest BCUT2D eigenvalue weighted by molar-refractivity contribution is -0.141. The maximum absolute atomic E-state index is 13.4. The Bertz CT molecular complexity index is 1310. The number of aliphatic carboxylic acids is 1. The molecule has 0 saturated heterocycles. The summed E-state index contributed by atoms with van der Waals surface area (Å²) in [5.74, 6) is -2.96. The van der Waals surface area contributed by atoms with Crippen molar-refractivity contribution in [3.05, 3.63) is 94.3 Å². The minimum atomic E-state index is -1.26. The Kier molecular flexibility index (Phi) is 8.58. The highest BCUT2D eigenvalue weighted by Crippen LogP contribution is 2.24. The molecule has 36 heavy (non-hydrogen) atoms. The van der Waals surface area contributed by atoms with E-state index in [9.17, 15) is 23.9 Å².